The van der Waals surface area contributed by atoms with Gasteiger partial charge in [0.25, 0.3) is 5.56 Å². The van der Waals surface area contributed by atoms with Crippen LogP contribution in [0.5, 0.6) is 5.75 Å². The molecule has 1 aromatic carbocycles. The summed E-state index contributed by atoms with van der Waals surface area (Å²) in [6.07, 6.45) is 4.30. The van der Waals surface area contributed by atoms with Gasteiger partial charge in [-0.3, -0.25) is 19.0 Å². The Morgan fingerprint density at radius 1 is 1.04 bits per heavy atom. The molecule has 0 bridgehead atoms. The second kappa shape index (κ2) is 12.8. The van der Waals surface area contributed by atoms with E-state index >= 15 is 4.39 Å². The number of anilines is 2. The van der Waals surface area contributed by atoms with Crippen LogP contribution in [-0.2, 0) is 24.3 Å². The van der Waals surface area contributed by atoms with E-state index in [4.69, 9.17) is 11.6 Å². The van der Waals surface area contributed by atoms with Gasteiger partial charge in [0.15, 0.2) is 17.9 Å². The number of likely N-dealkylation sites (N-methyl/N-ethyl adjacent to an activating group) is 1. The Morgan fingerprint density at radius 3 is 2.52 bits per heavy atom. The first-order chi connectivity index (χ1) is 22.1. The van der Waals surface area contributed by atoms with E-state index in [9.17, 15) is 28.3 Å². The lowest BCUT2D eigenvalue weighted by Crippen LogP contribution is -2.46. The van der Waals surface area contributed by atoms with E-state index in [-0.39, 0.29) is 33.6 Å². The maximum atomic E-state index is 15.3. The molecular weight excluding hydrogens is 627 g/mol. The number of aromatic nitrogens is 4. The number of aldehydes is 1. The number of nitrogens with one attached hydrogen (secondary N) is 1. The van der Waals surface area contributed by atoms with Gasteiger partial charge < -0.3 is 24.8 Å². The minimum absolute atomic E-state index is 0.00653. The van der Waals surface area contributed by atoms with Gasteiger partial charge in [-0.05, 0) is 25.5 Å². The Hall–Kier alpha value is -4.43. The molecule has 242 valence electrons. The van der Waals surface area contributed by atoms with Crippen LogP contribution >= 0.6 is 11.6 Å². The van der Waals surface area contributed by atoms with Gasteiger partial charge in [0.1, 0.15) is 28.9 Å². The monoisotopic (exact) mass is 657 g/mol. The fraction of sp³-hybridized carbons (Fsp3) is 0.387. The van der Waals surface area contributed by atoms with Crippen LogP contribution < -0.4 is 15.8 Å². The molecule has 2 aliphatic rings. The fourth-order valence-corrected chi connectivity index (χ4v) is 6.23. The third-order valence-electron chi connectivity index (χ3n) is 8.60. The van der Waals surface area contributed by atoms with Crippen molar-refractivity contribution in [1.29, 1.82) is 0 Å². The van der Waals surface area contributed by atoms with Gasteiger partial charge in [-0.1, -0.05) is 24.9 Å². The number of hydrogen-bond donors (Lipinski definition) is 2. The summed E-state index contributed by atoms with van der Waals surface area (Å²) in [5.41, 5.74) is -1.55. The van der Waals surface area contributed by atoms with Gasteiger partial charge in [0, 0.05) is 62.5 Å². The highest BCUT2D eigenvalue weighted by atomic mass is 35.5. The first kappa shape index (κ1) is 31.5. The Labute approximate surface area is 266 Å². The molecule has 0 spiro atoms. The van der Waals surface area contributed by atoms with Crippen LogP contribution in [0.4, 0.5) is 24.7 Å². The van der Waals surface area contributed by atoms with Crippen molar-refractivity contribution in [2.24, 2.45) is 0 Å². The number of hydrogen-bond acceptors (Lipinski definition) is 8. The Balaban J connectivity index is 1.40. The molecule has 2 aliphatic heterocycles. The van der Waals surface area contributed by atoms with Crippen molar-refractivity contribution in [3.05, 3.63) is 62.7 Å². The summed E-state index contributed by atoms with van der Waals surface area (Å²) < 4.78 is 47.6. The lowest BCUT2D eigenvalue weighted by Gasteiger charge is -2.35. The predicted octanol–water partition coefficient (Wildman–Crippen LogP) is 4.36. The number of pyridine rings is 1. The van der Waals surface area contributed by atoms with E-state index in [0.717, 1.165) is 45.0 Å². The summed E-state index contributed by atoms with van der Waals surface area (Å²) in [4.78, 5) is 51.6. The highest BCUT2D eigenvalue weighted by Gasteiger charge is 2.27. The number of carbonyl (C=O) groups is 2. The van der Waals surface area contributed by atoms with Crippen molar-refractivity contribution in [3.63, 3.8) is 0 Å². The average molecular weight is 658 g/mol. The number of phenols is 1. The highest BCUT2D eigenvalue weighted by molar-refractivity contribution is 6.33. The number of nitrogens with zero attached hydrogens (tertiary/aromatic N) is 6. The van der Waals surface area contributed by atoms with E-state index in [2.05, 4.69) is 27.1 Å². The molecule has 0 aliphatic carbocycles. The molecule has 11 nitrogen and oxygen atoms in total. The molecule has 15 heteroatoms. The zero-order valence-electron chi connectivity index (χ0n) is 25.0. The van der Waals surface area contributed by atoms with Crippen molar-refractivity contribution in [1.82, 2.24) is 24.0 Å². The largest absolute Gasteiger partial charge is 0.504 e. The molecule has 1 amide bonds. The Kier molecular flexibility index (Phi) is 8.75. The number of benzene rings is 1. The smallest absolute Gasteiger partial charge is 0.263 e. The molecule has 0 saturated carbocycles. The summed E-state index contributed by atoms with van der Waals surface area (Å²) in [5.74, 6) is -5.10. The molecule has 46 heavy (non-hydrogen) atoms. The van der Waals surface area contributed by atoms with Gasteiger partial charge in [-0.15, -0.1) is 0 Å². The topological polar surface area (TPSA) is 126 Å². The molecule has 0 unspecified atom stereocenters. The van der Waals surface area contributed by atoms with Crippen LogP contribution in [0.15, 0.2) is 23.1 Å². The van der Waals surface area contributed by atoms with E-state index in [0.29, 0.717) is 37.7 Å². The van der Waals surface area contributed by atoms with Crippen LogP contribution in [0, 0.1) is 17.6 Å². The minimum Gasteiger partial charge on any atom is -0.504 e. The molecule has 6 rings (SSSR count). The van der Waals surface area contributed by atoms with E-state index < -0.39 is 52.5 Å². The number of aryl methyl sites for hydroxylation is 1. The zero-order chi connectivity index (χ0) is 32.7. The van der Waals surface area contributed by atoms with E-state index in [1.165, 1.54) is 21.4 Å². The number of carbonyl (C=O) groups excluding carboxylic acids is 2. The SMILES string of the molecule is CCN1CCN(c2cc(NC(=O)Cn3cc(-c4cc(C=O)c(O)c(F)c4F)c4c(=O)n5c(nc43)CCCCC5)c(Cl)c(F)n2)CC1. The van der Waals surface area contributed by atoms with Crippen LogP contribution in [0.25, 0.3) is 22.2 Å². The third kappa shape index (κ3) is 5.71. The number of rotatable bonds is 7. The molecule has 5 heterocycles. The molecule has 1 saturated heterocycles. The normalized spacial score (nSPS) is 15.5. The van der Waals surface area contributed by atoms with E-state index in [1.807, 2.05) is 4.90 Å². The van der Waals surface area contributed by atoms with Gasteiger partial charge >= 0.3 is 0 Å². The second-order valence-corrected chi connectivity index (χ2v) is 11.8. The van der Waals surface area contributed by atoms with Crippen LogP contribution in [0.2, 0.25) is 5.02 Å². The summed E-state index contributed by atoms with van der Waals surface area (Å²) in [6, 6.07) is 2.43. The van der Waals surface area contributed by atoms with Gasteiger partial charge in [0.05, 0.1) is 16.6 Å². The quantitative estimate of drug-likeness (QED) is 0.222. The van der Waals surface area contributed by atoms with Crippen molar-refractivity contribution >= 4 is 46.3 Å². The molecule has 0 atom stereocenters. The molecule has 4 aromatic rings. The highest BCUT2D eigenvalue weighted by Crippen LogP contribution is 2.36. The molecule has 2 N–H and O–H groups in total. The van der Waals surface area contributed by atoms with Crippen molar-refractivity contribution in [2.75, 3.05) is 42.9 Å². The lowest BCUT2D eigenvalue weighted by molar-refractivity contribution is -0.116. The standard InChI is InChI=1S/C31H31ClF3N7O4/c1-2-39-8-10-40(11-9-39)22-13-20(25(32)29(35)37-22)36-23(44)15-41-14-19(18-12-17(16-43)28(45)27(34)26(18)33)24-30(41)38-21-6-4-3-5-7-42(21)31(24)46/h12-14,16,45H,2-11,15H2,1H3,(H,36,37,44). The molecular formula is C31H31ClF3N7O4. The van der Waals surface area contributed by atoms with Crippen LogP contribution in [0.3, 0.4) is 0 Å². The number of fused-ring (bicyclic) bond motifs is 2. The second-order valence-electron chi connectivity index (χ2n) is 11.4. The zero-order valence-corrected chi connectivity index (χ0v) is 25.7. The summed E-state index contributed by atoms with van der Waals surface area (Å²) in [6.45, 7) is 5.62. The van der Waals surface area contributed by atoms with E-state index in [1.54, 1.807) is 0 Å². The fourth-order valence-electron chi connectivity index (χ4n) is 6.09. The minimum atomic E-state index is -1.65. The number of phenolic OH excluding ortho intramolecular Hbond substituents is 1. The summed E-state index contributed by atoms with van der Waals surface area (Å²) in [7, 11) is 0. The average Bonchev–Trinajstić information content (AvgIpc) is 3.22. The predicted molar refractivity (Wildman–Crippen MR) is 166 cm³/mol. The Bertz CT molecular complexity index is 1920. The molecule has 1 fully saturated rings. The van der Waals surface area contributed by atoms with Crippen LogP contribution in [0.1, 0.15) is 42.4 Å². The van der Waals surface area contributed by atoms with Gasteiger partial charge in [-0.2, -0.15) is 8.78 Å². The van der Waals surface area contributed by atoms with Crippen molar-refractivity contribution in [2.45, 2.75) is 45.7 Å². The van der Waals surface area contributed by atoms with Gasteiger partial charge in [-0.25, -0.2) is 14.4 Å². The third-order valence-corrected chi connectivity index (χ3v) is 8.96. The maximum Gasteiger partial charge on any atom is 0.263 e. The van der Waals surface area contributed by atoms with Crippen LogP contribution in [-0.4, -0.2) is 74.0 Å². The van der Waals surface area contributed by atoms with Crippen molar-refractivity contribution in [3.8, 4) is 16.9 Å². The molecule has 3 aromatic heterocycles. The summed E-state index contributed by atoms with van der Waals surface area (Å²) >= 11 is 6.20. The number of halogens is 4. The maximum absolute atomic E-state index is 15.3. The first-order valence-electron chi connectivity index (χ1n) is 15.0. The number of piperazine rings is 1. The summed E-state index contributed by atoms with van der Waals surface area (Å²) in [5, 5.41) is 12.1. The number of aromatic hydroxyl groups is 1. The van der Waals surface area contributed by atoms with Crippen molar-refractivity contribution < 1.29 is 27.9 Å². The molecule has 0 radical (unpaired) electrons. The lowest BCUT2D eigenvalue weighted by atomic mass is 10.0. The Morgan fingerprint density at radius 2 is 1.80 bits per heavy atom. The number of amides is 1. The first-order valence-corrected chi connectivity index (χ1v) is 15.4. The van der Waals surface area contributed by atoms with Gasteiger partial charge in [0.2, 0.25) is 17.7 Å².